The summed E-state index contributed by atoms with van der Waals surface area (Å²) in [6.45, 7) is 5.87. The Bertz CT molecular complexity index is 2320. The van der Waals surface area contributed by atoms with Crippen LogP contribution in [0.3, 0.4) is 0 Å². The quantitative estimate of drug-likeness (QED) is 0.0486. The molecule has 1 saturated heterocycles. The van der Waals surface area contributed by atoms with E-state index in [1.54, 1.807) is 32.9 Å². The van der Waals surface area contributed by atoms with Gasteiger partial charge in [0.25, 0.3) is 0 Å². The number of Topliss-reactive ketones (excluding diaryl/α,β-unsaturated/α-hetero) is 2. The molecule has 300 valence electrons. The molecule has 2 amide bonds. The third-order valence-electron chi connectivity index (χ3n) is 8.91. The molecule has 0 radical (unpaired) electrons. The van der Waals surface area contributed by atoms with Crippen molar-refractivity contribution in [1.29, 1.82) is 5.41 Å². The van der Waals surface area contributed by atoms with Crippen molar-refractivity contribution < 1.29 is 33.5 Å². The van der Waals surface area contributed by atoms with E-state index >= 15 is 0 Å². The zero-order valence-corrected chi connectivity index (χ0v) is 33.0. The van der Waals surface area contributed by atoms with Gasteiger partial charge in [-0.2, -0.15) is 4.73 Å². The van der Waals surface area contributed by atoms with E-state index in [1.165, 1.54) is 28.6 Å². The first-order valence-corrected chi connectivity index (χ1v) is 19.4. The fourth-order valence-corrected chi connectivity index (χ4v) is 6.54. The fraction of sp³-hybridized carbons (Fsp3) is 0.286. The Morgan fingerprint density at radius 1 is 0.966 bits per heavy atom. The van der Waals surface area contributed by atoms with Gasteiger partial charge in [0, 0.05) is 42.6 Å². The molecule has 0 bridgehead atoms. The van der Waals surface area contributed by atoms with Crippen LogP contribution in [-0.4, -0.2) is 62.2 Å². The molecule has 5 aromatic rings. The summed E-state index contributed by atoms with van der Waals surface area (Å²) >= 11 is 1.05. The maximum atomic E-state index is 13.3. The van der Waals surface area contributed by atoms with Crippen LogP contribution >= 0.6 is 11.3 Å². The van der Waals surface area contributed by atoms with Crippen LogP contribution in [0.25, 0.3) is 0 Å². The number of hydrogen-bond donors (Lipinski definition) is 4. The molecule has 2 aromatic carbocycles. The second-order valence-electron chi connectivity index (χ2n) is 14.5. The summed E-state index contributed by atoms with van der Waals surface area (Å²) in [6, 6.07) is 23.4. The predicted octanol–water partition coefficient (Wildman–Crippen LogP) is 5.62. The maximum absolute atomic E-state index is 13.3. The summed E-state index contributed by atoms with van der Waals surface area (Å²) in [7, 11) is 0. The first kappa shape index (κ1) is 41.0. The molecule has 2 atom stereocenters. The van der Waals surface area contributed by atoms with Gasteiger partial charge in [-0.05, 0) is 50.5 Å². The summed E-state index contributed by atoms with van der Waals surface area (Å²) in [4.78, 5) is 78.3. The second kappa shape index (κ2) is 18.5. The normalized spacial score (nSPS) is 14.7. The molecule has 4 N–H and O–H groups in total. The molecular weight excluding hydrogens is 763 g/mol. The number of carbonyl (C=O) groups is 4. The monoisotopic (exact) mass is 805 g/mol. The number of rotatable bonds is 18. The molecule has 1 aliphatic rings. The molecule has 58 heavy (non-hydrogen) atoms. The Kier molecular flexibility index (Phi) is 13.1. The van der Waals surface area contributed by atoms with Crippen LogP contribution in [-0.2, 0) is 34.0 Å². The molecular formula is C42H43N7O8S. The minimum Gasteiger partial charge on any atom is -0.483 e. The fourth-order valence-electron chi connectivity index (χ4n) is 5.85. The van der Waals surface area contributed by atoms with Crippen molar-refractivity contribution in [3.05, 3.63) is 135 Å². The molecule has 6 rings (SSSR count). The van der Waals surface area contributed by atoms with Crippen molar-refractivity contribution in [2.75, 3.05) is 17.2 Å². The molecule has 0 saturated carbocycles. The lowest BCUT2D eigenvalue weighted by atomic mass is 9.85. The SMILES string of the molecule is CC(C)(C)OC(=O)Nc1nc(C(=N)C(=O)C[C@@H]2C(=O)N[C@@H]2CNc2ccc(C(=O)CCc3cc(=O)c(OCc4ccccc4)cn3OCc3ccccc3)cn2)cs1. The van der Waals surface area contributed by atoms with Crippen LogP contribution in [0.4, 0.5) is 15.7 Å². The molecule has 0 spiro atoms. The highest BCUT2D eigenvalue weighted by atomic mass is 32.1. The molecule has 16 heteroatoms. The van der Waals surface area contributed by atoms with Gasteiger partial charge >= 0.3 is 6.09 Å². The lowest BCUT2D eigenvalue weighted by molar-refractivity contribution is -0.137. The van der Waals surface area contributed by atoms with Crippen molar-refractivity contribution in [3.63, 3.8) is 0 Å². The van der Waals surface area contributed by atoms with Gasteiger partial charge in [0.2, 0.25) is 11.3 Å². The van der Waals surface area contributed by atoms with Gasteiger partial charge in [-0.3, -0.25) is 29.9 Å². The number of amides is 2. The molecule has 3 aromatic heterocycles. The van der Waals surface area contributed by atoms with Gasteiger partial charge in [-0.15, -0.1) is 11.3 Å². The molecule has 4 heterocycles. The number of benzene rings is 2. The maximum Gasteiger partial charge on any atom is 0.413 e. The number of aryl methyl sites for hydroxylation is 1. The Hall–Kier alpha value is -6.68. The molecule has 0 aliphatic carbocycles. The molecule has 1 fully saturated rings. The Labute approximate surface area is 338 Å². The lowest BCUT2D eigenvalue weighted by Crippen LogP contribution is -2.61. The topological polar surface area (TPSA) is 204 Å². The third-order valence-corrected chi connectivity index (χ3v) is 9.67. The van der Waals surface area contributed by atoms with Crippen molar-refractivity contribution in [2.24, 2.45) is 5.92 Å². The molecule has 15 nitrogen and oxygen atoms in total. The summed E-state index contributed by atoms with van der Waals surface area (Å²) in [5.74, 6) is -1.15. The minimum atomic E-state index is -0.704. The van der Waals surface area contributed by atoms with E-state index in [2.05, 4.69) is 25.9 Å². The number of nitrogens with zero attached hydrogens (tertiary/aromatic N) is 3. The molecule has 0 unspecified atom stereocenters. The average Bonchev–Trinajstić information content (AvgIpc) is 3.67. The van der Waals surface area contributed by atoms with E-state index in [1.807, 2.05) is 60.7 Å². The average molecular weight is 806 g/mol. The number of carbonyl (C=O) groups excluding carboxylic acids is 4. The number of β-lactam (4-membered cyclic amide) rings is 1. The third kappa shape index (κ3) is 11.2. The van der Waals surface area contributed by atoms with Crippen molar-refractivity contribution >= 4 is 51.6 Å². The number of ether oxygens (including phenoxy) is 2. The van der Waals surface area contributed by atoms with Crippen LogP contribution in [0.5, 0.6) is 5.75 Å². The second-order valence-corrected chi connectivity index (χ2v) is 15.3. The highest BCUT2D eigenvalue weighted by Crippen LogP contribution is 2.23. The Morgan fingerprint density at radius 2 is 1.67 bits per heavy atom. The summed E-state index contributed by atoms with van der Waals surface area (Å²) in [6.07, 6.45) is 2.35. The van der Waals surface area contributed by atoms with E-state index < -0.39 is 29.4 Å². The predicted molar refractivity (Wildman–Crippen MR) is 217 cm³/mol. The number of thiazole rings is 1. The Balaban J connectivity index is 1.00. The highest BCUT2D eigenvalue weighted by Gasteiger charge is 2.41. The van der Waals surface area contributed by atoms with Crippen LogP contribution < -0.4 is 31.0 Å². The summed E-state index contributed by atoms with van der Waals surface area (Å²) < 4.78 is 12.5. The summed E-state index contributed by atoms with van der Waals surface area (Å²) in [5, 5.41) is 18.4. The number of hydrogen-bond acceptors (Lipinski definition) is 13. The van der Waals surface area contributed by atoms with Gasteiger partial charge in [0.15, 0.2) is 22.4 Å². The minimum absolute atomic E-state index is 0.0775. The standard InChI is InChI=1S/C42H43N7O8S/c1-42(2,3)57-41(54)48-40-47-32(25-58-40)38(43)35(52)19-30-31(46-39(30)53)21-45-37-17-14-28(20-44-37)33(50)16-15-29-18-34(51)36(55-23-26-10-6-4-7-11-26)22-49(29)56-24-27-12-8-5-9-13-27/h4-14,17-18,20,22,25,30-31,43H,15-16,19,21,23-24H2,1-3H3,(H,44,45)(H,46,53)(H,47,48,54)/t30-,31+/m0/s1. The zero-order chi connectivity index (χ0) is 41.2. The van der Waals surface area contributed by atoms with Crippen LogP contribution in [0.1, 0.15) is 66.5 Å². The first-order chi connectivity index (χ1) is 27.8. The first-order valence-electron chi connectivity index (χ1n) is 18.5. The van der Waals surface area contributed by atoms with E-state index in [4.69, 9.17) is 19.7 Å². The molecule has 1 aliphatic heterocycles. The van der Waals surface area contributed by atoms with E-state index in [0.717, 1.165) is 22.5 Å². The van der Waals surface area contributed by atoms with Gasteiger partial charge < -0.3 is 24.9 Å². The number of anilines is 2. The zero-order valence-electron chi connectivity index (χ0n) is 32.2. The van der Waals surface area contributed by atoms with Gasteiger partial charge in [-0.25, -0.2) is 14.8 Å². The van der Waals surface area contributed by atoms with E-state index in [-0.39, 0.29) is 78.4 Å². The van der Waals surface area contributed by atoms with Gasteiger partial charge in [0.05, 0.1) is 23.9 Å². The largest absolute Gasteiger partial charge is 0.483 e. The van der Waals surface area contributed by atoms with Crippen molar-refractivity contribution in [2.45, 2.75) is 64.9 Å². The summed E-state index contributed by atoms with van der Waals surface area (Å²) in [5.41, 5.74) is 1.40. The lowest BCUT2D eigenvalue weighted by Gasteiger charge is -2.36. The number of pyridine rings is 2. The van der Waals surface area contributed by atoms with Crippen LogP contribution in [0.2, 0.25) is 0 Å². The highest BCUT2D eigenvalue weighted by molar-refractivity contribution is 7.14. The van der Waals surface area contributed by atoms with Gasteiger partial charge in [0.1, 0.15) is 36.0 Å². The number of ketones is 2. The number of nitrogens with one attached hydrogen (secondary N) is 4. The van der Waals surface area contributed by atoms with E-state index in [0.29, 0.717) is 17.1 Å². The van der Waals surface area contributed by atoms with Crippen LogP contribution in [0, 0.1) is 11.3 Å². The van der Waals surface area contributed by atoms with Crippen molar-refractivity contribution in [3.8, 4) is 5.75 Å². The van der Waals surface area contributed by atoms with Crippen LogP contribution in [0.15, 0.2) is 101 Å². The van der Waals surface area contributed by atoms with Gasteiger partial charge in [-0.1, -0.05) is 60.7 Å². The van der Waals surface area contributed by atoms with Crippen molar-refractivity contribution in [1.82, 2.24) is 20.0 Å². The Morgan fingerprint density at radius 3 is 2.33 bits per heavy atom. The van der Waals surface area contributed by atoms with E-state index in [9.17, 15) is 24.0 Å². The smallest absolute Gasteiger partial charge is 0.413 e. The number of aromatic nitrogens is 3.